The molecular formula is C36H14N6O4S2. The predicted molar refractivity (Wildman–Crippen MR) is 181 cm³/mol. The van der Waals surface area contributed by atoms with Crippen LogP contribution in [0.1, 0.15) is 63.9 Å². The van der Waals surface area contributed by atoms with E-state index in [-0.39, 0.29) is 55.9 Å². The van der Waals surface area contributed by atoms with Gasteiger partial charge in [-0.15, -0.1) is 22.7 Å². The van der Waals surface area contributed by atoms with Crippen LogP contribution in [0.5, 0.6) is 0 Å². The molecule has 6 aromatic rings. The second-order valence-electron chi connectivity index (χ2n) is 11.3. The molecule has 8 rings (SSSR count). The molecule has 0 saturated heterocycles. The lowest BCUT2D eigenvalue weighted by molar-refractivity contribution is 0.0975. The Morgan fingerprint density at radius 2 is 0.979 bits per heavy atom. The fourth-order valence-corrected chi connectivity index (χ4v) is 9.33. The molecule has 0 unspecified atom stereocenters. The summed E-state index contributed by atoms with van der Waals surface area (Å²) >= 11 is 3.09. The summed E-state index contributed by atoms with van der Waals surface area (Å²) in [5.41, 5.74) is 3.74. The van der Waals surface area contributed by atoms with E-state index in [9.17, 15) is 29.7 Å². The summed E-state index contributed by atoms with van der Waals surface area (Å²) < 4.78 is 7.73. The van der Waals surface area contributed by atoms with Gasteiger partial charge in [0, 0.05) is 47.7 Å². The van der Waals surface area contributed by atoms with Gasteiger partial charge in [0.15, 0.2) is 34.5 Å². The standard InChI is InChI=1S/C36H14N6O4S2/c1-39-25-11-21-22(12-26(25)40-2)34(46)24(33(21)45)8-18-10-28-30(42(18)4)36-35(48-28)29-27(47-36)9-17(41(29)3)7-23-31(43)19-5-15(13-37)16(14-38)6-20(19)32(23)44/h5-12H,3-4H3. The number of carbonyl (C=O) groups is 4. The van der Waals surface area contributed by atoms with E-state index in [2.05, 4.69) is 9.69 Å². The average molecular weight is 659 g/mol. The van der Waals surface area contributed by atoms with Gasteiger partial charge in [-0.1, -0.05) is 12.1 Å². The number of benzene rings is 2. The van der Waals surface area contributed by atoms with Gasteiger partial charge in [0.05, 0.1) is 65.3 Å². The van der Waals surface area contributed by atoms with Crippen molar-refractivity contribution >= 4 is 99.2 Å². The molecule has 0 N–H and O–H groups in total. The summed E-state index contributed by atoms with van der Waals surface area (Å²) in [6.07, 6.45) is 3.11. The molecule has 0 spiro atoms. The third-order valence-corrected chi connectivity index (χ3v) is 11.2. The van der Waals surface area contributed by atoms with E-state index in [1.807, 2.05) is 47.5 Å². The summed E-state index contributed by atoms with van der Waals surface area (Å²) in [6.45, 7) is 14.6. The lowest BCUT2D eigenvalue weighted by Gasteiger charge is -2.01. The van der Waals surface area contributed by atoms with E-state index in [0.717, 1.165) is 29.8 Å². The van der Waals surface area contributed by atoms with Crippen LogP contribution in [0, 0.1) is 35.8 Å². The van der Waals surface area contributed by atoms with Gasteiger partial charge in [0.25, 0.3) is 0 Å². The van der Waals surface area contributed by atoms with Crippen LogP contribution >= 0.6 is 22.7 Å². The smallest absolute Gasteiger partial charge is 0.197 e. The number of rotatable bonds is 2. The summed E-state index contributed by atoms with van der Waals surface area (Å²) in [7, 11) is 3.71. The van der Waals surface area contributed by atoms with Gasteiger partial charge in [0.1, 0.15) is 12.1 Å². The van der Waals surface area contributed by atoms with Crippen LogP contribution in [0.15, 0.2) is 47.5 Å². The van der Waals surface area contributed by atoms with Gasteiger partial charge in [-0.25, -0.2) is 0 Å². The number of fused-ring (bicyclic) bond motifs is 7. The van der Waals surface area contributed by atoms with Gasteiger partial charge in [-0.2, -0.15) is 10.5 Å². The minimum absolute atomic E-state index is 0.0209. The van der Waals surface area contributed by atoms with E-state index in [1.54, 1.807) is 34.8 Å². The van der Waals surface area contributed by atoms with Crippen LogP contribution in [0.25, 0.3) is 51.7 Å². The highest BCUT2D eigenvalue weighted by atomic mass is 32.1. The first-order chi connectivity index (χ1) is 23.1. The highest BCUT2D eigenvalue weighted by Crippen LogP contribution is 2.47. The summed E-state index contributed by atoms with van der Waals surface area (Å²) in [5, 5.41) is 18.7. The molecule has 12 heteroatoms. The minimum atomic E-state index is -0.491. The lowest BCUT2D eigenvalue weighted by atomic mass is 10.0. The largest absolute Gasteiger partial charge is 0.342 e. The quantitative estimate of drug-likeness (QED) is 0.106. The van der Waals surface area contributed by atoms with Crippen molar-refractivity contribution in [2.75, 3.05) is 0 Å². The van der Waals surface area contributed by atoms with Crippen LogP contribution in [-0.2, 0) is 14.1 Å². The number of thiophene rings is 2. The number of carbonyl (C=O) groups excluding carboxylic acids is 4. The third kappa shape index (κ3) is 3.67. The Morgan fingerprint density at radius 3 is 1.31 bits per heavy atom. The number of nitriles is 2. The van der Waals surface area contributed by atoms with Crippen molar-refractivity contribution in [3.8, 4) is 12.1 Å². The number of ketones is 4. The maximum Gasteiger partial charge on any atom is 0.197 e. The molecule has 0 radical (unpaired) electrons. The van der Waals surface area contributed by atoms with Gasteiger partial charge in [0.2, 0.25) is 0 Å². The molecule has 224 valence electrons. The molecular weight excluding hydrogens is 645 g/mol. The number of hydrogen-bond acceptors (Lipinski definition) is 8. The van der Waals surface area contributed by atoms with Crippen molar-refractivity contribution in [2.24, 2.45) is 14.1 Å². The fourth-order valence-electron chi connectivity index (χ4n) is 6.41. The second-order valence-corrected chi connectivity index (χ2v) is 13.4. The van der Waals surface area contributed by atoms with Crippen LogP contribution in [0.4, 0.5) is 11.4 Å². The van der Waals surface area contributed by atoms with Crippen molar-refractivity contribution < 1.29 is 19.2 Å². The lowest BCUT2D eigenvalue weighted by Crippen LogP contribution is -2.02. The van der Waals surface area contributed by atoms with Gasteiger partial charge in [-0.3, -0.25) is 28.9 Å². The molecule has 0 aliphatic heterocycles. The van der Waals surface area contributed by atoms with Crippen LogP contribution in [-0.4, -0.2) is 32.3 Å². The van der Waals surface area contributed by atoms with E-state index in [4.69, 9.17) is 13.1 Å². The van der Waals surface area contributed by atoms with Crippen molar-refractivity contribution in [3.63, 3.8) is 0 Å². The molecule has 2 aliphatic carbocycles. The second kappa shape index (κ2) is 9.90. The first-order valence-electron chi connectivity index (χ1n) is 14.1. The fraction of sp³-hybridized carbons (Fsp3) is 0.0556. The first kappa shape index (κ1) is 28.8. The van der Waals surface area contributed by atoms with E-state index < -0.39 is 23.1 Å². The van der Waals surface area contributed by atoms with Crippen LogP contribution in [0.2, 0.25) is 0 Å². The zero-order valence-corrected chi connectivity index (χ0v) is 26.4. The Bertz CT molecular complexity index is 2570. The number of hydrogen-bond donors (Lipinski definition) is 0. The molecule has 2 aromatic carbocycles. The van der Waals surface area contributed by atoms with Crippen molar-refractivity contribution in [3.05, 3.63) is 115 Å². The van der Waals surface area contributed by atoms with Gasteiger partial charge in [-0.05, 0) is 36.4 Å². The molecule has 10 nitrogen and oxygen atoms in total. The van der Waals surface area contributed by atoms with Crippen molar-refractivity contribution in [1.82, 2.24) is 9.13 Å². The van der Waals surface area contributed by atoms with E-state index >= 15 is 0 Å². The zero-order chi connectivity index (χ0) is 33.8. The molecule has 4 aromatic heterocycles. The third-order valence-electron chi connectivity index (χ3n) is 8.83. The average Bonchev–Trinajstić information content (AvgIpc) is 3.88. The van der Waals surface area contributed by atoms with Gasteiger partial charge >= 0.3 is 0 Å². The number of Topliss-reactive ketones (excluding diaryl/α,β-unsaturated/α-hetero) is 4. The topological polar surface area (TPSA) is 134 Å². The molecule has 2 aliphatic rings. The number of nitrogens with zero attached hydrogens (tertiary/aromatic N) is 6. The van der Waals surface area contributed by atoms with Crippen LogP contribution in [0.3, 0.4) is 0 Å². The summed E-state index contributed by atoms with van der Waals surface area (Å²) in [4.78, 5) is 59.6. The maximum absolute atomic E-state index is 13.2. The highest BCUT2D eigenvalue weighted by Gasteiger charge is 2.36. The molecule has 0 amide bonds. The molecule has 0 atom stereocenters. The molecule has 0 bridgehead atoms. The van der Waals surface area contributed by atoms with Gasteiger partial charge < -0.3 is 9.13 Å². The van der Waals surface area contributed by atoms with E-state index in [0.29, 0.717) is 11.4 Å². The molecule has 0 fully saturated rings. The monoisotopic (exact) mass is 658 g/mol. The molecule has 4 heterocycles. The van der Waals surface area contributed by atoms with Crippen molar-refractivity contribution in [1.29, 1.82) is 10.5 Å². The Balaban J connectivity index is 1.19. The Labute approximate surface area is 278 Å². The van der Waals surface area contributed by atoms with Crippen molar-refractivity contribution in [2.45, 2.75) is 0 Å². The number of aromatic nitrogens is 2. The first-order valence-corrected chi connectivity index (χ1v) is 15.8. The Morgan fingerprint density at radius 1 is 0.625 bits per heavy atom. The highest BCUT2D eigenvalue weighted by molar-refractivity contribution is 7.36. The maximum atomic E-state index is 13.2. The predicted octanol–water partition coefficient (Wildman–Crippen LogP) is 7.72. The Kier molecular flexibility index (Phi) is 5.93. The number of allylic oxidation sites excluding steroid dienone is 2. The SMILES string of the molecule is [C-]#[N+]c1cc2c(cc1[N+]#[C-])C(=O)C(=Cc1cc3sc4c(sc5cc(C=C6C(=O)c7cc(C#N)c(C#N)cc7C6=O)n(C)c54)c3n1C)C2=O. The zero-order valence-electron chi connectivity index (χ0n) is 24.8. The Hall–Kier alpha value is -6.70. The summed E-state index contributed by atoms with van der Waals surface area (Å²) in [5.74, 6) is -1.94. The normalized spacial score (nSPS) is 13.6. The molecule has 0 saturated carbocycles. The summed E-state index contributed by atoms with van der Waals surface area (Å²) in [6, 6.07) is 12.9. The van der Waals surface area contributed by atoms with E-state index in [1.165, 1.54) is 24.3 Å². The number of aryl methyl sites for hydroxylation is 2. The van der Waals surface area contributed by atoms with Crippen LogP contribution < -0.4 is 0 Å². The minimum Gasteiger partial charge on any atom is -0.342 e. The molecule has 48 heavy (non-hydrogen) atoms.